The number of aromatic nitrogens is 4. The van der Waals surface area contributed by atoms with Crippen LogP contribution >= 0.6 is 11.3 Å². The number of thiazole rings is 1. The van der Waals surface area contributed by atoms with Crippen LogP contribution in [-0.4, -0.2) is 38.7 Å². The number of rotatable bonds is 5. The molecule has 140 valence electrons. The molecule has 1 amide bonds. The van der Waals surface area contributed by atoms with Gasteiger partial charge in [-0.3, -0.25) is 9.36 Å². The second kappa shape index (κ2) is 7.36. The molecule has 0 unspecified atom stereocenters. The summed E-state index contributed by atoms with van der Waals surface area (Å²) in [5.74, 6) is 0.508. The number of hydrogen-bond donors (Lipinski definition) is 2. The summed E-state index contributed by atoms with van der Waals surface area (Å²) in [5, 5.41) is 9.39. The molecular formula is C18H20N6O2S. The lowest BCUT2D eigenvalue weighted by molar-refractivity contribution is 0.0996. The summed E-state index contributed by atoms with van der Waals surface area (Å²) >= 11 is 1.43. The minimum atomic E-state index is -0.506. The van der Waals surface area contributed by atoms with E-state index in [0.29, 0.717) is 12.2 Å². The van der Waals surface area contributed by atoms with E-state index in [1.807, 2.05) is 30.3 Å². The van der Waals surface area contributed by atoms with Crippen LogP contribution in [0.5, 0.6) is 0 Å². The maximum absolute atomic E-state index is 12.2. The average molecular weight is 384 g/mol. The Morgan fingerprint density at radius 2 is 2.00 bits per heavy atom. The number of aromatic amines is 1. The van der Waals surface area contributed by atoms with Crippen LogP contribution in [0.4, 0.5) is 5.13 Å². The lowest BCUT2D eigenvalue weighted by Gasteiger charge is -2.31. The number of nitrogens with one attached hydrogen (secondary N) is 1. The number of amides is 1. The van der Waals surface area contributed by atoms with E-state index in [2.05, 4.69) is 20.1 Å². The highest BCUT2D eigenvalue weighted by Gasteiger charge is 2.27. The third-order valence-corrected chi connectivity index (χ3v) is 5.75. The molecule has 3 aromatic rings. The molecule has 1 aromatic carbocycles. The van der Waals surface area contributed by atoms with E-state index >= 15 is 0 Å². The lowest BCUT2D eigenvalue weighted by Crippen LogP contribution is -2.34. The van der Waals surface area contributed by atoms with Gasteiger partial charge in [-0.1, -0.05) is 30.3 Å². The SMILES string of the molecule is NC(=O)c1csc(N2CCC(c3n[nH]c(=O)n3Cc3ccccc3)CC2)n1. The van der Waals surface area contributed by atoms with Crippen LogP contribution in [0.25, 0.3) is 0 Å². The molecule has 0 aliphatic carbocycles. The number of carbonyl (C=O) groups is 1. The van der Waals surface area contributed by atoms with Crippen molar-refractivity contribution < 1.29 is 4.79 Å². The van der Waals surface area contributed by atoms with Crippen molar-refractivity contribution in [2.24, 2.45) is 5.73 Å². The largest absolute Gasteiger partial charge is 0.364 e. The van der Waals surface area contributed by atoms with Crippen molar-refractivity contribution in [3.05, 3.63) is 63.3 Å². The zero-order valence-corrected chi connectivity index (χ0v) is 15.5. The summed E-state index contributed by atoms with van der Waals surface area (Å²) in [5.41, 5.74) is 6.48. The Hall–Kier alpha value is -2.94. The molecule has 9 heteroatoms. The average Bonchev–Trinajstić information content (AvgIpc) is 3.31. The van der Waals surface area contributed by atoms with Gasteiger partial charge in [-0.05, 0) is 18.4 Å². The topological polar surface area (TPSA) is 110 Å². The molecule has 3 heterocycles. The number of nitrogens with zero attached hydrogens (tertiary/aromatic N) is 4. The summed E-state index contributed by atoms with van der Waals surface area (Å²) in [6.45, 7) is 2.10. The molecule has 1 aliphatic rings. The molecule has 0 radical (unpaired) electrons. The van der Waals surface area contributed by atoms with E-state index in [1.54, 1.807) is 9.95 Å². The zero-order chi connectivity index (χ0) is 18.8. The van der Waals surface area contributed by atoms with Gasteiger partial charge in [-0.25, -0.2) is 14.9 Å². The summed E-state index contributed by atoms with van der Waals surface area (Å²) in [6.07, 6.45) is 1.73. The molecule has 8 nitrogen and oxygen atoms in total. The molecule has 3 N–H and O–H groups in total. The number of nitrogens with two attached hydrogens (primary N) is 1. The summed E-state index contributed by atoms with van der Waals surface area (Å²) in [4.78, 5) is 29.9. The van der Waals surface area contributed by atoms with Gasteiger partial charge in [0.05, 0.1) is 6.54 Å². The Bertz CT molecular complexity index is 985. The summed E-state index contributed by atoms with van der Waals surface area (Å²) in [7, 11) is 0. The van der Waals surface area contributed by atoms with Crippen LogP contribution in [-0.2, 0) is 6.54 Å². The van der Waals surface area contributed by atoms with Gasteiger partial charge in [-0.2, -0.15) is 5.10 Å². The lowest BCUT2D eigenvalue weighted by atomic mass is 9.96. The predicted molar refractivity (Wildman–Crippen MR) is 103 cm³/mol. The number of hydrogen-bond acceptors (Lipinski definition) is 6. The van der Waals surface area contributed by atoms with Crippen LogP contribution in [0.15, 0.2) is 40.5 Å². The second-order valence-electron chi connectivity index (χ2n) is 6.60. The minimum Gasteiger partial charge on any atom is -0.364 e. The maximum Gasteiger partial charge on any atom is 0.343 e. The molecule has 0 bridgehead atoms. The van der Waals surface area contributed by atoms with Gasteiger partial charge in [0.25, 0.3) is 5.91 Å². The number of primary amides is 1. The van der Waals surface area contributed by atoms with Gasteiger partial charge < -0.3 is 10.6 Å². The highest BCUT2D eigenvalue weighted by Crippen LogP contribution is 2.30. The van der Waals surface area contributed by atoms with Crippen molar-refractivity contribution in [1.82, 2.24) is 19.7 Å². The van der Waals surface area contributed by atoms with E-state index in [4.69, 9.17) is 5.73 Å². The van der Waals surface area contributed by atoms with E-state index in [9.17, 15) is 9.59 Å². The first-order chi connectivity index (χ1) is 13.1. The Kier molecular flexibility index (Phi) is 4.76. The molecule has 27 heavy (non-hydrogen) atoms. The fourth-order valence-electron chi connectivity index (χ4n) is 3.41. The third-order valence-electron chi connectivity index (χ3n) is 4.85. The third kappa shape index (κ3) is 3.63. The first kappa shape index (κ1) is 17.5. The van der Waals surface area contributed by atoms with Crippen LogP contribution in [0.3, 0.4) is 0 Å². The maximum atomic E-state index is 12.2. The van der Waals surface area contributed by atoms with Gasteiger partial charge in [0.2, 0.25) is 0 Å². The van der Waals surface area contributed by atoms with E-state index < -0.39 is 5.91 Å². The second-order valence-corrected chi connectivity index (χ2v) is 7.44. The Labute approximate surface area is 159 Å². The number of H-pyrrole nitrogens is 1. The first-order valence-corrected chi connectivity index (χ1v) is 9.69. The number of benzene rings is 1. The fourth-order valence-corrected chi connectivity index (χ4v) is 4.28. The fraction of sp³-hybridized carbons (Fsp3) is 0.333. The number of carbonyl (C=O) groups excluding carboxylic acids is 1. The van der Waals surface area contributed by atoms with Gasteiger partial charge in [-0.15, -0.1) is 11.3 Å². The highest BCUT2D eigenvalue weighted by atomic mass is 32.1. The van der Waals surface area contributed by atoms with E-state index in [0.717, 1.165) is 42.5 Å². The van der Waals surface area contributed by atoms with Crippen molar-refractivity contribution in [2.45, 2.75) is 25.3 Å². The summed E-state index contributed by atoms with van der Waals surface area (Å²) < 4.78 is 1.73. The molecular weight excluding hydrogens is 364 g/mol. The van der Waals surface area contributed by atoms with Gasteiger partial charge in [0.15, 0.2) is 5.13 Å². The summed E-state index contributed by atoms with van der Waals surface area (Å²) in [6, 6.07) is 9.90. The molecule has 0 saturated carbocycles. The molecule has 0 atom stereocenters. The zero-order valence-electron chi connectivity index (χ0n) is 14.7. The van der Waals surface area contributed by atoms with Crippen LogP contribution in [0, 0.1) is 0 Å². The predicted octanol–water partition coefficient (Wildman–Crippen LogP) is 1.56. The molecule has 4 rings (SSSR count). The van der Waals surface area contributed by atoms with Crippen LogP contribution in [0.2, 0.25) is 0 Å². The number of anilines is 1. The number of piperidine rings is 1. The molecule has 2 aromatic heterocycles. The quantitative estimate of drug-likeness (QED) is 0.694. The Balaban J connectivity index is 1.47. The first-order valence-electron chi connectivity index (χ1n) is 8.81. The van der Waals surface area contributed by atoms with Gasteiger partial charge >= 0.3 is 5.69 Å². The molecule has 0 spiro atoms. The minimum absolute atomic E-state index is 0.178. The highest BCUT2D eigenvalue weighted by molar-refractivity contribution is 7.13. The molecule has 1 fully saturated rings. The van der Waals surface area contributed by atoms with E-state index in [-0.39, 0.29) is 11.6 Å². The normalized spacial score (nSPS) is 15.2. The van der Waals surface area contributed by atoms with Crippen molar-refractivity contribution >= 4 is 22.4 Å². The van der Waals surface area contributed by atoms with Crippen LogP contribution < -0.4 is 16.3 Å². The van der Waals surface area contributed by atoms with Crippen molar-refractivity contribution in [1.29, 1.82) is 0 Å². The van der Waals surface area contributed by atoms with Crippen molar-refractivity contribution in [3.63, 3.8) is 0 Å². The van der Waals surface area contributed by atoms with Gasteiger partial charge in [0, 0.05) is 24.4 Å². The van der Waals surface area contributed by atoms with Crippen molar-refractivity contribution in [2.75, 3.05) is 18.0 Å². The standard InChI is InChI=1S/C18H20N6O2S/c19-15(25)14-11-27-18(20-14)23-8-6-13(7-9-23)16-21-22-17(26)24(16)10-12-4-2-1-3-5-12/h1-5,11,13H,6-10H2,(H2,19,25)(H,22,26). The smallest absolute Gasteiger partial charge is 0.343 e. The molecule has 1 saturated heterocycles. The van der Waals surface area contributed by atoms with E-state index in [1.165, 1.54) is 11.3 Å². The Morgan fingerprint density at radius 3 is 2.67 bits per heavy atom. The van der Waals surface area contributed by atoms with Gasteiger partial charge in [0.1, 0.15) is 11.5 Å². The Morgan fingerprint density at radius 1 is 1.26 bits per heavy atom. The van der Waals surface area contributed by atoms with Crippen LogP contribution in [0.1, 0.15) is 40.6 Å². The monoisotopic (exact) mass is 384 g/mol. The van der Waals surface area contributed by atoms with Crippen molar-refractivity contribution in [3.8, 4) is 0 Å². The molecule has 1 aliphatic heterocycles.